The summed E-state index contributed by atoms with van der Waals surface area (Å²) in [6, 6.07) is -1.22. The van der Waals surface area contributed by atoms with Crippen molar-refractivity contribution in [1.29, 1.82) is 0 Å². The molecule has 4 aliphatic carbocycles. The fraction of sp³-hybridized carbons (Fsp3) is 0.714. The third-order valence-electron chi connectivity index (χ3n) is 8.33. The Kier molecular flexibility index (Phi) is 4.91. The molecular formula is C21H32N6O2. The molecule has 8 heteroatoms. The van der Waals surface area contributed by atoms with E-state index in [1.165, 1.54) is 18.4 Å². The molecule has 0 heterocycles. The van der Waals surface area contributed by atoms with E-state index in [1.807, 2.05) is 0 Å². The molecule has 0 aromatic rings. The molecule has 8 nitrogen and oxygen atoms in total. The van der Waals surface area contributed by atoms with Crippen molar-refractivity contribution in [3.63, 3.8) is 0 Å². The molecule has 0 saturated heterocycles. The first-order chi connectivity index (χ1) is 13.7. The second kappa shape index (κ2) is 7.15. The fourth-order valence-electron chi connectivity index (χ4n) is 6.88. The van der Waals surface area contributed by atoms with Crippen LogP contribution in [0.5, 0.6) is 0 Å². The molecule has 0 aromatic carbocycles. The molecule has 6 N–H and O–H groups in total. The first kappa shape index (κ1) is 19.9. The minimum Gasteiger partial charge on any atom is -0.350 e. The van der Waals surface area contributed by atoms with E-state index >= 15 is 0 Å². The predicted molar refractivity (Wildman–Crippen MR) is 112 cm³/mol. The van der Waals surface area contributed by atoms with E-state index in [-0.39, 0.29) is 10.8 Å². The summed E-state index contributed by atoms with van der Waals surface area (Å²) >= 11 is 0. The van der Waals surface area contributed by atoms with Gasteiger partial charge in [0.15, 0.2) is 0 Å². The molecule has 0 bridgehead atoms. The zero-order chi connectivity index (χ0) is 20.8. The number of rotatable bonds is 2. The van der Waals surface area contributed by atoms with Gasteiger partial charge < -0.3 is 11.5 Å². The molecule has 4 aliphatic rings. The zero-order valence-electron chi connectivity index (χ0n) is 17.3. The molecule has 29 heavy (non-hydrogen) atoms. The lowest BCUT2D eigenvalue weighted by Gasteiger charge is -2.57. The fourth-order valence-corrected chi connectivity index (χ4v) is 6.88. The largest absolute Gasteiger partial charge is 0.350 e. The highest BCUT2D eigenvalue weighted by Crippen LogP contribution is 2.64. The van der Waals surface area contributed by atoms with Crippen molar-refractivity contribution in [2.24, 2.45) is 50.3 Å². The number of hydrazone groups is 2. The van der Waals surface area contributed by atoms with Crippen molar-refractivity contribution >= 4 is 23.5 Å². The number of carbonyl (C=O) groups is 2. The summed E-state index contributed by atoms with van der Waals surface area (Å²) in [4.78, 5) is 22.1. The molecule has 4 amide bonds. The van der Waals surface area contributed by atoms with Crippen molar-refractivity contribution < 1.29 is 9.59 Å². The van der Waals surface area contributed by atoms with Gasteiger partial charge in [-0.1, -0.05) is 19.4 Å². The Labute approximate surface area is 171 Å². The van der Waals surface area contributed by atoms with Gasteiger partial charge in [0.2, 0.25) is 0 Å². The summed E-state index contributed by atoms with van der Waals surface area (Å²) in [6.07, 6.45) is 10.7. The number of carbonyl (C=O) groups excluding carboxylic acids is 2. The number of nitrogens with two attached hydrogens (primary N) is 2. The third kappa shape index (κ3) is 3.32. The normalized spacial score (nSPS) is 41.2. The second-order valence-corrected chi connectivity index (χ2v) is 9.61. The van der Waals surface area contributed by atoms with Crippen LogP contribution in [0.3, 0.4) is 0 Å². The summed E-state index contributed by atoms with van der Waals surface area (Å²) in [5.74, 6) is 1.95. The van der Waals surface area contributed by atoms with Crippen molar-refractivity contribution in [3.05, 3.63) is 11.6 Å². The molecule has 158 valence electrons. The standard InChI is InChI=1S/C21H32N6O2/c1-20-9-7-13(24-26-18(22)28)11-12(20)3-4-14-15-5-6-17(25-27-19(23)29)21(15,2)10-8-16(14)20/h11,14-16H,3-10H2,1-2H3,(H3,22,26,28)(H3,23,27,29)/b24-13+,25-17+/t14-,15+,16-,20+,21+/m1/s1. The molecule has 3 saturated carbocycles. The molecular weight excluding hydrogens is 368 g/mol. The number of fused-ring (bicyclic) bond motifs is 5. The Morgan fingerprint density at radius 2 is 1.62 bits per heavy atom. The average molecular weight is 401 g/mol. The molecule has 5 atom stereocenters. The molecule has 0 unspecified atom stereocenters. The maximum absolute atomic E-state index is 11.1. The number of urea groups is 2. The van der Waals surface area contributed by atoms with Crippen LogP contribution < -0.4 is 22.3 Å². The van der Waals surface area contributed by atoms with Gasteiger partial charge in [-0.25, -0.2) is 20.4 Å². The summed E-state index contributed by atoms with van der Waals surface area (Å²) in [7, 11) is 0. The first-order valence-corrected chi connectivity index (χ1v) is 10.7. The van der Waals surface area contributed by atoms with Crippen molar-refractivity contribution in [3.8, 4) is 0 Å². The topological polar surface area (TPSA) is 135 Å². The summed E-state index contributed by atoms with van der Waals surface area (Å²) in [5, 5.41) is 8.55. The molecule has 4 rings (SSSR count). The van der Waals surface area contributed by atoms with Gasteiger partial charge in [0.1, 0.15) is 0 Å². The van der Waals surface area contributed by atoms with Gasteiger partial charge in [-0.2, -0.15) is 10.2 Å². The number of nitrogens with one attached hydrogen (secondary N) is 2. The Bertz CT molecular complexity index is 818. The lowest BCUT2D eigenvalue weighted by atomic mass is 9.47. The average Bonchev–Trinajstić information content (AvgIpc) is 3.01. The van der Waals surface area contributed by atoms with Crippen LogP contribution in [0.15, 0.2) is 21.9 Å². The van der Waals surface area contributed by atoms with Gasteiger partial charge in [-0.05, 0) is 80.6 Å². The van der Waals surface area contributed by atoms with E-state index in [1.54, 1.807) is 0 Å². The highest BCUT2D eigenvalue weighted by molar-refractivity contribution is 5.97. The van der Waals surface area contributed by atoms with Crippen LogP contribution in [0, 0.1) is 28.6 Å². The van der Waals surface area contributed by atoms with E-state index in [2.05, 4.69) is 41.0 Å². The van der Waals surface area contributed by atoms with Crippen molar-refractivity contribution in [2.75, 3.05) is 0 Å². The van der Waals surface area contributed by atoms with Gasteiger partial charge in [0.05, 0.1) is 5.71 Å². The number of primary amides is 2. The first-order valence-electron chi connectivity index (χ1n) is 10.7. The predicted octanol–water partition coefficient (Wildman–Crippen LogP) is 3.00. The number of allylic oxidation sites excluding steroid dienone is 2. The van der Waals surface area contributed by atoms with E-state index in [4.69, 9.17) is 11.5 Å². The zero-order valence-corrected chi connectivity index (χ0v) is 17.3. The lowest BCUT2D eigenvalue weighted by molar-refractivity contribution is -0.0155. The Morgan fingerprint density at radius 1 is 0.931 bits per heavy atom. The lowest BCUT2D eigenvalue weighted by Crippen LogP contribution is -2.50. The molecule has 3 fully saturated rings. The Balaban J connectivity index is 1.57. The van der Waals surface area contributed by atoms with Crippen LogP contribution in [0.1, 0.15) is 65.2 Å². The number of amides is 4. The summed E-state index contributed by atoms with van der Waals surface area (Å²) in [5.41, 5.74) is 19.0. The van der Waals surface area contributed by atoms with Crippen LogP contribution in [0.25, 0.3) is 0 Å². The van der Waals surface area contributed by atoms with E-state index in [0.717, 1.165) is 49.9 Å². The molecule has 0 aliphatic heterocycles. The van der Waals surface area contributed by atoms with E-state index in [9.17, 15) is 9.59 Å². The summed E-state index contributed by atoms with van der Waals surface area (Å²) < 4.78 is 0. The van der Waals surface area contributed by atoms with Gasteiger partial charge in [-0.3, -0.25) is 0 Å². The summed E-state index contributed by atoms with van der Waals surface area (Å²) in [6.45, 7) is 4.76. The number of nitrogens with zero attached hydrogens (tertiary/aromatic N) is 2. The minimum atomic E-state index is -0.621. The van der Waals surface area contributed by atoms with Gasteiger partial charge in [0, 0.05) is 11.1 Å². The SMILES string of the molecule is C[C@]12CC/C(=N\NC(N)=O)C=C1CC[C@H]1[C@H]2CC[C@]2(C)/C(=N/NC(N)=O)CC[C@@H]12. The van der Waals surface area contributed by atoms with Crippen LogP contribution in [-0.2, 0) is 0 Å². The van der Waals surface area contributed by atoms with Crippen LogP contribution in [0.2, 0.25) is 0 Å². The third-order valence-corrected chi connectivity index (χ3v) is 8.33. The highest BCUT2D eigenvalue weighted by atomic mass is 16.2. The second-order valence-electron chi connectivity index (χ2n) is 9.61. The Hall–Kier alpha value is -2.38. The molecule has 0 radical (unpaired) electrons. The smallest absolute Gasteiger partial charge is 0.332 e. The monoisotopic (exact) mass is 400 g/mol. The maximum atomic E-state index is 11.1. The van der Waals surface area contributed by atoms with Gasteiger partial charge in [-0.15, -0.1) is 0 Å². The van der Waals surface area contributed by atoms with E-state index in [0.29, 0.717) is 17.8 Å². The van der Waals surface area contributed by atoms with Gasteiger partial charge >= 0.3 is 12.1 Å². The maximum Gasteiger partial charge on any atom is 0.332 e. The molecule has 0 aromatic heterocycles. The minimum absolute atomic E-state index is 0.0634. The van der Waals surface area contributed by atoms with Crippen LogP contribution in [0.4, 0.5) is 9.59 Å². The van der Waals surface area contributed by atoms with Crippen molar-refractivity contribution in [2.45, 2.75) is 65.2 Å². The van der Waals surface area contributed by atoms with Crippen LogP contribution in [-0.4, -0.2) is 23.5 Å². The number of hydrogen-bond donors (Lipinski definition) is 4. The van der Waals surface area contributed by atoms with Crippen molar-refractivity contribution in [1.82, 2.24) is 10.9 Å². The highest BCUT2D eigenvalue weighted by Gasteiger charge is 2.58. The quantitative estimate of drug-likeness (QED) is 0.530. The van der Waals surface area contributed by atoms with E-state index < -0.39 is 12.1 Å². The van der Waals surface area contributed by atoms with Crippen LogP contribution >= 0.6 is 0 Å². The van der Waals surface area contributed by atoms with Gasteiger partial charge in [0.25, 0.3) is 0 Å². The Morgan fingerprint density at radius 3 is 2.34 bits per heavy atom. The molecule has 0 spiro atoms. The number of hydrogen-bond acceptors (Lipinski definition) is 4.